The number of benzene rings is 2. The monoisotopic (exact) mass is 362 g/mol. The Morgan fingerprint density at radius 2 is 1.67 bits per heavy atom. The molecule has 0 radical (unpaired) electrons. The molecule has 142 valence electrons. The maximum Gasteiger partial charge on any atom is 0.120 e. The highest BCUT2D eigenvalue weighted by Gasteiger charge is 2.11. The van der Waals surface area contributed by atoms with Gasteiger partial charge in [-0.1, -0.05) is 62.4 Å². The summed E-state index contributed by atoms with van der Waals surface area (Å²) >= 11 is 0. The molecular weight excluding hydrogens is 332 g/mol. The highest BCUT2D eigenvalue weighted by atomic mass is 16.5. The van der Waals surface area contributed by atoms with Gasteiger partial charge < -0.3 is 15.0 Å². The van der Waals surface area contributed by atoms with E-state index in [4.69, 9.17) is 4.74 Å². The normalized spacial score (nSPS) is 16.1. The second kappa shape index (κ2) is 9.09. The topological polar surface area (TPSA) is 37.0 Å². The molecule has 4 rings (SSSR count). The Kier molecular flexibility index (Phi) is 6.10. The molecule has 0 atom stereocenters. The van der Waals surface area contributed by atoms with Gasteiger partial charge in [0.25, 0.3) is 0 Å². The quantitative estimate of drug-likeness (QED) is 0.568. The first-order valence-corrected chi connectivity index (χ1v) is 10.4. The van der Waals surface area contributed by atoms with Crippen LogP contribution in [0, 0.1) is 0 Å². The van der Waals surface area contributed by atoms with E-state index in [9.17, 15) is 0 Å². The van der Waals surface area contributed by atoms with E-state index in [2.05, 4.69) is 40.6 Å². The van der Waals surface area contributed by atoms with Crippen molar-refractivity contribution in [2.45, 2.75) is 64.1 Å². The minimum absolute atomic E-state index is 0.604. The summed E-state index contributed by atoms with van der Waals surface area (Å²) in [5.41, 5.74) is 3.62. The van der Waals surface area contributed by atoms with Crippen molar-refractivity contribution in [2.24, 2.45) is 0 Å². The number of hydrogen-bond donors (Lipinski definition) is 2. The van der Waals surface area contributed by atoms with Gasteiger partial charge in [0.15, 0.2) is 0 Å². The first-order chi connectivity index (χ1) is 13.4. The lowest BCUT2D eigenvalue weighted by Gasteiger charge is -2.20. The van der Waals surface area contributed by atoms with E-state index < -0.39 is 0 Å². The fourth-order valence-electron chi connectivity index (χ4n) is 4.01. The van der Waals surface area contributed by atoms with Crippen LogP contribution in [0.25, 0.3) is 10.9 Å². The van der Waals surface area contributed by atoms with Gasteiger partial charge in [0, 0.05) is 29.2 Å². The van der Waals surface area contributed by atoms with Gasteiger partial charge in [0.2, 0.25) is 0 Å². The summed E-state index contributed by atoms with van der Waals surface area (Å²) in [5, 5.41) is 4.98. The Hall–Kier alpha value is -2.26. The smallest absolute Gasteiger partial charge is 0.120 e. The molecule has 27 heavy (non-hydrogen) atoms. The van der Waals surface area contributed by atoms with E-state index in [1.165, 1.54) is 67.1 Å². The van der Waals surface area contributed by atoms with Gasteiger partial charge in [-0.2, -0.15) is 0 Å². The third-order valence-electron chi connectivity index (χ3n) is 5.58. The van der Waals surface area contributed by atoms with E-state index >= 15 is 0 Å². The Bertz CT molecular complexity index is 832. The van der Waals surface area contributed by atoms with Gasteiger partial charge in [-0.05, 0) is 42.7 Å². The van der Waals surface area contributed by atoms with Crippen molar-refractivity contribution >= 4 is 10.9 Å². The zero-order valence-corrected chi connectivity index (χ0v) is 16.0. The Morgan fingerprint density at radius 3 is 2.48 bits per heavy atom. The second-order valence-electron chi connectivity index (χ2n) is 7.74. The first kappa shape index (κ1) is 18.1. The lowest BCUT2D eigenvalue weighted by molar-refractivity contribution is 0.306. The number of hydrogen-bond acceptors (Lipinski definition) is 2. The second-order valence-corrected chi connectivity index (χ2v) is 7.74. The molecule has 1 aliphatic rings. The molecule has 2 aromatic carbocycles. The van der Waals surface area contributed by atoms with Crippen LogP contribution in [0.5, 0.6) is 5.75 Å². The van der Waals surface area contributed by atoms with Crippen LogP contribution >= 0.6 is 0 Å². The average Bonchev–Trinajstić information content (AvgIpc) is 3.08. The van der Waals surface area contributed by atoms with Gasteiger partial charge >= 0.3 is 0 Å². The van der Waals surface area contributed by atoms with Crippen molar-refractivity contribution in [3.63, 3.8) is 0 Å². The van der Waals surface area contributed by atoms with Crippen LogP contribution in [0.1, 0.15) is 56.2 Å². The predicted molar refractivity (Wildman–Crippen MR) is 112 cm³/mol. The molecule has 3 aromatic rings. The number of fused-ring (bicyclic) bond motifs is 1. The van der Waals surface area contributed by atoms with E-state index in [1.807, 2.05) is 24.3 Å². The van der Waals surface area contributed by atoms with Crippen molar-refractivity contribution in [2.75, 3.05) is 0 Å². The molecule has 3 nitrogen and oxygen atoms in total. The number of rotatable bonds is 6. The summed E-state index contributed by atoms with van der Waals surface area (Å²) < 4.78 is 5.96. The fourth-order valence-corrected chi connectivity index (χ4v) is 4.01. The van der Waals surface area contributed by atoms with Crippen LogP contribution in [0.4, 0.5) is 0 Å². The lowest BCUT2D eigenvalue weighted by atomic mass is 9.97. The number of aromatic nitrogens is 1. The Balaban J connectivity index is 1.35. The Labute approximate surface area is 162 Å². The zero-order chi connectivity index (χ0) is 18.3. The van der Waals surface area contributed by atoms with Crippen molar-refractivity contribution in [3.8, 4) is 5.75 Å². The maximum atomic E-state index is 5.96. The SMILES string of the molecule is c1ccc(COc2ccc3[nH]c(CNC4CCCCCCC4)cc3c2)cc1. The molecule has 1 aromatic heterocycles. The van der Waals surface area contributed by atoms with Gasteiger partial charge in [-0.25, -0.2) is 0 Å². The number of nitrogens with one attached hydrogen (secondary N) is 2. The van der Waals surface area contributed by atoms with Crippen LogP contribution in [-0.4, -0.2) is 11.0 Å². The lowest BCUT2D eigenvalue weighted by Crippen LogP contribution is -2.29. The van der Waals surface area contributed by atoms with Crippen molar-refractivity contribution in [1.29, 1.82) is 0 Å². The number of ether oxygens (including phenoxy) is 1. The summed E-state index contributed by atoms with van der Waals surface area (Å²) in [7, 11) is 0. The summed E-state index contributed by atoms with van der Waals surface area (Å²) in [6.45, 7) is 1.52. The number of H-pyrrole nitrogens is 1. The van der Waals surface area contributed by atoms with Crippen LogP contribution in [-0.2, 0) is 13.2 Å². The molecule has 0 aliphatic heterocycles. The van der Waals surface area contributed by atoms with Crippen molar-refractivity contribution in [1.82, 2.24) is 10.3 Å². The molecule has 1 saturated carbocycles. The van der Waals surface area contributed by atoms with Crippen LogP contribution in [0.15, 0.2) is 54.6 Å². The molecule has 2 N–H and O–H groups in total. The predicted octanol–water partition coefficient (Wildman–Crippen LogP) is 5.95. The standard InChI is InChI=1S/C24H30N2O/c1-2-7-11-21(12-8-3-1)25-17-22-15-20-16-23(13-14-24(20)26-22)27-18-19-9-5-4-6-10-19/h4-6,9-10,13-16,21,25-26H,1-3,7-8,11-12,17-18H2. The average molecular weight is 363 g/mol. The maximum absolute atomic E-state index is 5.96. The Morgan fingerprint density at radius 1 is 0.889 bits per heavy atom. The summed E-state index contributed by atoms with van der Waals surface area (Å²) in [5.74, 6) is 0.921. The van der Waals surface area contributed by atoms with Crippen LogP contribution in [0.2, 0.25) is 0 Å². The van der Waals surface area contributed by atoms with Gasteiger partial charge in [-0.3, -0.25) is 0 Å². The molecule has 1 heterocycles. The molecule has 0 unspecified atom stereocenters. The largest absolute Gasteiger partial charge is 0.489 e. The molecule has 0 saturated heterocycles. The molecule has 1 fully saturated rings. The van der Waals surface area contributed by atoms with Gasteiger partial charge in [-0.15, -0.1) is 0 Å². The molecule has 1 aliphatic carbocycles. The number of aromatic amines is 1. The summed E-state index contributed by atoms with van der Waals surface area (Å²) in [6, 6.07) is 19.5. The highest BCUT2D eigenvalue weighted by molar-refractivity contribution is 5.81. The van der Waals surface area contributed by atoms with Crippen LogP contribution < -0.4 is 10.1 Å². The highest BCUT2D eigenvalue weighted by Crippen LogP contribution is 2.23. The zero-order valence-electron chi connectivity index (χ0n) is 16.0. The molecular formula is C24H30N2O. The van der Waals surface area contributed by atoms with E-state index in [0.717, 1.165) is 12.3 Å². The summed E-state index contributed by atoms with van der Waals surface area (Å²) in [4.78, 5) is 3.55. The molecule has 0 spiro atoms. The molecule has 0 bridgehead atoms. The van der Waals surface area contributed by atoms with Gasteiger partial charge in [0.05, 0.1) is 0 Å². The van der Waals surface area contributed by atoms with E-state index in [1.54, 1.807) is 0 Å². The summed E-state index contributed by atoms with van der Waals surface area (Å²) in [6.07, 6.45) is 9.59. The minimum atomic E-state index is 0.604. The molecule has 3 heteroatoms. The van der Waals surface area contributed by atoms with E-state index in [0.29, 0.717) is 12.6 Å². The van der Waals surface area contributed by atoms with E-state index in [-0.39, 0.29) is 0 Å². The van der Waals surface area contributed by atoms with Gasteiger partial charge in [0.1, 0.15) is 12.4 Å². The van der Waals surface area contributed by atoms with Crippen molar-refractivity contribution < 1.29 is 4.74 Å². The first-order valence-electron chi connectivity index (χ1n) is 10.4. The minimum Gasteiger partial charge on any atom is -0.489 e. The fraction of sp³-hybridized carbons (Fsp3) is 0.417. The third kappa shape index (κ3) is 5.14. The molecule has 0 amide bonds. The van der Waals surface area contributed by atoms with Crippen LogP contribution in [0.3, 0.4) is 0 Å². The van der Waals surface area contributed by atoms with Crippen molar-refractivity contribution in [3.05, 3.63) is 65.9 Å². The third-order valence-corrected chi connectivity index (χ3v) is 5.58.